The third kappa shape index (κ3) is 7.84. The molecule has 4 nitrogen and oxygen atoms in total. The van der Waals surface area contributed by atoms with Gasteiger partial charge < -0.3 is 13.3 Å². The van der Waals surface area contributed by atoms with E-state index in [9.17, 15) is 4.79 Å². The van der Waals surface area contributed by atoms with Crippen molar-refractivity contribution in [1.82, 2.24) is 0 Å². The van der Waals surface area contributed by atoms with E-state index in [2.05, 4.69) is 0 Å². The summed E-state index contributed by atoms with van der Waals surface area (Å²) in [6.45, 7) is 14.6. The Morgan fingerprint density at radius 1 is 0.938 bits per heavy atom. The molecule has 0 radical (unpaired) electrons. The van der Waals surface area contributed by atoms with E-state index in [1.165, 1.54) is 6.92 Å². The Morgan fingerprint density at radius 2 is 1.25 bits per heavy atom. The molecule has 0 rings (SSSR count). The predicted molar refractivity (Wildman–Crippen MR) is 65.1 cm³/mol. The van der Waals surface area contributed by atoms with Crippen LogP contribution in [0, 0.1) is 0 Å². The minimum Gasteiger partial charge on any atom is -0.474 e. The molecule has 0 aromatic rings. The molecular weight excluding hydrogens is 224 g/mol. The molecule has 0 atom stereocenters. The van der Waals surface area contributed by atoms with Crippen LogP contribution in [0.1, 0.15) is 48.5 Å². The van der Waals surface area contributed by atoms with Crippen LogP contribution in [-0.2, 0) is 18.1 Å². The van der Waals surface area contributed by atoms with Crippen LogP contribution in [0.3, 0.4) is 0 Å². The van der Waals surface area contributed by atoms with Crippen molar-refractivity contribution in [3.8, 4) is 0 Å². The second-order valence-electron chi connectivity index (χ2n) is 5.88. The van der Waals surface area contributed by atoms with Gasteiger partial charge >= 0.3 is 8.80 Å². The molecule has 16 heavy (non-hydrogen) atoms. The summed E-state index contributed by atoms with van der Waals surface area (Å²) >= 11 is 0. The fourth-order valence-electron chi connectivity index (χ4n) is 1.44. The van der Waals surface area contributed by atoms with Gasteiger partial charge in [0.1, 0.15) is 0 Å². The van der Waals surface area contributed by atoms with Gasteiger partial charge in [0.2, 0.25) is 0 Å². The van der Waals surface area contributed by atoms with E-state index >= 15 is 0 Å². The van der Waals surface area contributed by atoms with Crippen LogP contribution >= 0.6 is 0 Å². The van der Waals surface area contributed by atoms with Crippen LogP contribution in [0.4, 0.5) is 0 Å². The van der Waals surface area contributed by atoms with Crippen molar-refractivity contribution >= 4 is 14.8 Å². The number of carbonyl (C=O) groups excluding carboxylic acids is 1. The number of hydrogen-bond donors (Lipinski definition) is 0. The molecule has 5 heteroatoms. The average molecular weight is 248 g/mol. The Kier molecular flexibility index (Phi) is 4.73. The third-order valence-electron chi connectivity index (χ3n) is 1.31. The van der Waals surface area contributed by atoms with Crippen molar-refractivity contribution in [2.45, 2.75) is 66.2 Å². The van der Waals surface area contributed by atoms with Crippen LogP contribution in [-0.4, -0.2) is 26.0 Å². The summed E-state index contributed by atoms with van der Waals surface area (Å²) in [6, 6.07) is 0. The van der Waals surface area contributed by atoms with E-state index in [0.29, 0.717) is 0 Å². The Hall–Kier alpha value is -0.393. The standard InChI is InChI=1S/C11H24O4Si/c1-9(12)13-16(8,14-10(2,3)4)15-11(5,6)7/h1-8H3. The summed E-state index contributed by atoms with van der Waals surface area (Å²) < 4.78 is 16.8. The Labute approximate surface area is 99.6 Å². The van der Waals surface area contributed by atoms with Crippen LogP contribution in [0.5, 0.6) is 0 Å². The molecule has 96 valence electrons. The molecule has 0 amide bonds. The lowest BCUT2D eigenvalue weighted by Crippen LogP contribution is -2.52. The fourth-order valence-corrected chi connectivity index (χ4v) is 4.31. The second-order valence-corrected chi connectivity index (χ2v) is 8.22. The van der Waals surface area contributed by atoms with Crippen molar-refractivity contribution < 1.29 is 18.1 Å². The van der Waals surface area contributed by atoms with Crippen LogP contribution in [0.25, 0.3) is 0 Å². The van der Waals surface area contributed by atoms with Gasteiger partial charge in [0.15, 0.2) is 0 Å². The van der Waals surface area contributed by atoms with Crippen LogP contribution in [0.2, 0.25) is 6.55 Å². The molecule has 0 unspecified atom stereocenters. The van der Waals surface area contributed by atoms with E-state index in [4.69, 9.17) is 13.3 Å². The lowest BCUT2D eigenvalue weighted by Gasteiger charge is -2.36. The maximum absolute atomic E-state index is 11.1. The van der Waals surface area contributed by atoms with Gasteiger partial charge in [-0.05, 0) is 41.5 Å². The SMILES string of the molecule is CC(=O)O[Si](C)(OC(C)(C)C)OC(C)(C)C. The predicted octanol–water partition coefficient (Wildman–Crippen LogP) is 2.75. The molecule has 0 heterocycles. The number of rotatable bonds is 3. The Bertz CT molecular complexity index is 234. The molecule has 0 fully saturated rings. The monoisotopic (exact) mass is 248 g/mol. The van der Waals surface area contributed by atoms with Crippen molar-refractivity contribution in [3.63, 3.8) is 0 Å². The molecule has 0 aliphatic carbocycles. The highest BCUT2D eigenvalue weighted by molar-refractivity contribution is 6.61. The molecule has 0 saturated heterocycles. The van der Waals surface area contributed by atoms with E-state index in [-0.39, 0.29) is 5.97 Å². The zero-order valence-electron chi connectivity index (χ0n) is 11.6. The first-order chi connectivity index (χ1) is 6.83. The van der Waals surface area contributed by atoms with Gasteiger partial charge in [-0.1, -0.05) is 0 Å². The molecule has 0 N–H and O–H groups in total. The van der Waals surface area contributed by atoms with Gasteiger partial charge in [-0.25, -0.2) is 0 Å². The van der Waals surface area contributed by atoms with Crippen molar-refractivity contribution in [2.75, 3.05) is 0 Å². The average Bonchev–Trinajstić information content (AvgIpc) is 1.69. The lowest BCUT2D eigenvalue weighted by atomic mass is 10.2. The summed E-state index contributed by atoms with van der Waals surface area (Å²) in [5.41, 5.74) is -0.802. The van der Waals surface area contributed by atoms with Crippen LogP contribution in [0.15, 0.2) is 0 Å². The second kappa shape index (κ2) is 4.85. The first-order valence-corrected chi connectivity index (χ1v) is 7.65. The fraction of sp³-hybridized carbons (Fsp3) is 0.909. The molecule has 0 spiro atoms. The van der Waals surface area contributed by atoms with Crippen molar-refractivity contribution in [2.24, 2.45) is 0 Å². The molecule has 0 aromatic heterocycles. The Morgan fingerprint density at radius 3 is 1.44 bits per heavy atom. The van der Waals surface area contributed by atoms with Gasteiger partial charge in [0.05, 0.1) is 11.2 Å². The van der Waals surface area contributed by atoms with E-state index in [1.54, 1.807) is 6.55 Å². The quantitative estimate of drug-likeness (QED) is 0.720. The van der Waals surface area contributed by atoms with Gasteiger partial charge in [0.25, 0.3) is 5.97 Å². The number of carbonyl (C=O) groups is 1. The van der Waals surface area contributed by atoms with Gasteiger partial charge in [-0.15, -0.1) is 0 Å². The maximum Gasteiger partial charge on any atom is 0.565 e. The molecular formula is C11H24O4Si. The van der Waals surface area contributed by atoms with Crippen molar-refractivity contribution in [3.05, 3.63) is 0 Å². The van der Waals surface area contributed by atoms with E-state index in [1.807, 2.05) is 41.5 Å². The normalized spacial score (nSPS) is 13.8. The van der Waals surface area contributed by atoms with Crippen LogP contribution < -0.4 is 0 Å². The molecule has 0 aliphatic heterocycles. The van der Waals surface area contributed by atoms with E-state index in [0.717, 1.165) is 0 Å². The summed E-state index contributed by atoms with van der Waals surface area (Å²) in [7, 11) is -2.93. The molecule has 0 aliphatic rings. The third-order valence-corrected chi connectivity index (χ3v) is 3.94. The zero-order valence-corrected chi connectivity index (χ0v) is 12.6. The summed E-state index contributed by atoms with van der Waals surface area (Å²) in [6.07, 6.45) is 0. The van der Waals surface area contributed by atoms with Crippen molar-refractivity contribution in [1.29, 1.82) is 0 Å². The molecule has 0 bridgehead atoms. The highest BCUT2D eigenvalue weighted by Crippen LogP contribution is 2.24. The first kappa shape index (κ1) is 15.6. The highest BCUT2D eigenvalue weighted by atomic mass is 28.4. The van der Waals surface area contributed by atoms with Gasteiger partial charge in [-0.3, -0.25) is 4.79 Å². The maximum atomic E-state index is 11.1. The molecule has 0 saturated carbocycles. The lowest BCUT2D eigenvalue weighted by molar-refractivity contribution is -0.140. The van der Waals surface area contributed by atoms with Gasteiger partial charge in [-0.2, -0.15) is 0 Å². The highest BCUT2D eigenvalue weighted by Gasteiger charge is 2.45. The zero-order chi connectivity index (χ0) is 13.2. The summed E-state index contributed by atoms with van der Waals surface area (Å²) in [4.78, 5) is 11.1. The minimum atomic E-state index is -2.93. The number of hydrogen-bond acceptors (Lipinski definition) is 4. The smallest absolute Gasteiger partial charge is 0.474 e. The molecule has 0 aromatic carbocycles. The summed E-state index contributed by atoms with van der Waals surface area (Å²) in [5, 5.41) is 0. The first-order valence-electron chi connectivity index (χ1n) is 5.43. The largest absolute Gasteiger partial charge is 0.565 e. The minimum absolute atomic E-state index is 0.373. The van der Waals surface area contributed by atoms with E-state index < -0.39 is 20.0 Å². The van der Waals surface area contributed by atoms with Gasteiger partial charge in [0, 0.05) is 13.5 Å². The summed E-state index contributed by atoms with van der Waals surface area (Å²) in [5.74, 6) is -0.373. The Balaban J connectivity index is 4.82. The topological polar surface area (TPSA) is 44.8 Å².